The molecule has 0 radical (unpaired) electrons. The number of hydrogen-bond donors (Lipinski definition) is 1. The number of nitrogens with zero attached hydrogens (tertiary/aromatic N) is 1. The fourth-order valence-electron chi connectivity index (χ4n) is 1.80. The monoisotopic (exact) mass is 297 g/mol. The fraction of sp³-hybridized carbons (Fsp3) is 0.385. The van der Waals surface area contributed by atoms with E-state index in [-0.39, 0.29) is 22.9 Å². The van der Waals surface area contributed by atoms with Gasteiger partial charge in [0.15, 0.2) is 0 Å². The number of carboxylic acid groups (broad SMARTS) is 1. The molecule has 114 valence electrons. The Balaban J connectivity index is 3.36. The molecule has 0 heterocycles. The maximum atomic E-state index is 11.2. The van der Waals surface area contributed by atoms with Crippen LogP contribution in [0, 0.1) is 16.0 Å². The van der Waals surface area contributed by atoms with Crippen LogP contribution in [0.15, 0.2) is 18.2 Å². The molecule has 1 N–H and O–H groups in total. The van der Waals surface area contributed by atoms with E-state index in [2.05, 4.69) is 4.74 Å². The van der Waals surface area contributed by atoms with E-state index in [1.807, 2.05) is 0 Å². The molecule has 0 bridgehead atoms. The predicted octanol–water partition coefficient (Wildman–Crippen LogP) is 2.91. The van der Waals surface area contributed by atoms with Crippen molar-refractivity contribution >= 4 is 17.8 Å². The number of carbonyl (C=O) groups excluding carboxylic acids is 1. The Morgan fingerprint density at radius 2 is 1.95 bits per heavy atom. The zero-order chi connectivity index (χ0) is 16.2. The van der Waals surface area contributed by atoms with Crippen molar-refractivity contribution in [1.29, 1.82) is 0 Å². The van der Waals surface area contributed by atoms with Crippen LogP contribution in [0.3, 0.4) is 0 Å². The molecule has 1 aromatic rings. The first kappa shape index (κ1) is 16.4. The Kier molecular flexibility index (Phi) is 5.23. The molecule has 0 spiro atoms. The number of nitro groups is 1. The molecule has 1 unspecified atom stereocenters. The SMILES string of the molecule is CC(=O)OC(c1cc([N+](=O)[O-])ccc1OC(=O)O)C(C)C. The standard InChI is InChI=1S/C13H15NO7/c1-7(2)12(20-8(3)15)10-6-9(14(18)19)4-5-11(10)21-13(16)17/h4-7,12H,1-3H3,(H,16,17). The smallest absolute Gasteiger partial charge is 0.457 e. The summed E-state index contributed by atoms with van der Waals surface area (Å²) in [6.45, 7) is 4.67. The molecule has 0 aliphatic heterocycles. The molecule has 1 rings (SSSR count). The summed E-state index contributed by atoms with van der Waals surface area (Å²) >= 11 is 0. The number of nitro benzene ring substituents is 1. The zero-order valence-corrected chi connectivity index (χ0v) is 11.7. The van der Waals surface area contributed by atoms with E-state index in [4.69, 9.17) is 9.84 Å². The van der Waals surface area contributed by atoms with Crippen molar-refractivity contribution in [3.8, 4) is 5.75 Å². The van der Waals surface area contributed by atoms with Crippen LogP contribution < -0.4 is 4.74 Å². The van der Waals surface area contributed by atoms with Gasteiger partial charge >= 0.3 is 12.1 Å². The van der Waals surface area contributed by atoms with E-state index in [9.17, 15) is 19.7 Å². The van der Waals surface area contributed by atoms with Crippen molar-refractivity contribution in [2.24, 2.45) is 5.92 Å². The van der Waals surface area contributed by atoms with Crippen molar-refractivity contribution in [2.45, 2.75) is 26.9 Å². The van der Waals surface area contributed by atoms with Gasteiger partial charge < -0.3 is 14.6 Å². The Hall–Kier alpha value is -2.64. The molecule has 0 fully saturated rings. The van der Waals surface area contributed by atoms with Crippen LogP contribution in [0.2, 0.25) is 0 Å². The highest BCUT2D eigenvalue weighted by atomic mass is 16.7. The minimum Gasteiger partial charge on any atom is -0.457 e. The number of rotatable bonds is 5. The van der Waals surface area contributed by atoms with Crippen LogP contribution in [0.4, 0.5) is 10.5 Å². The van der Waals surface area contributed by atoms with Gasteiger partial charge in [-0.05, 0) is 12.0 Å². The van der Waals surface area contributed by atoms with Crippen LogP contribution in [0.25, 0.3) is 0 Å². The number of esters is 1. The molecular formula is C13H15NO7. The van der Waals surface area contributed by atoms with Gasteiger partial charge in [-0.2, -0.15) is 0 Å². The molecule has 0 aromatic heterocycles. The van der Waals surface area contributed by atoms with Crippen LogP contribution >= 0.6 is 0 Å². The van der Waals surface area contributed by atoms with E-state index < -0.39 is 23.2 Å². The third kappa shape index (κ3) is 4.44. The average Bonchev–Trinajstić information content (AvgIpc) is 2.35. The van der Waals surface area contributed by atoms with Gasteiger partial charge in [0.05, 0.1) is 4.92 Å². The first-order valence-electron chi connectivity index (χ1n) is 6.08. The van der Waals surface area contributed by atoms with Crippen LogP contribution in [0.5, 0.6) is 5.75 Å². The van der Waals surface area contributed by atoms with E-state index in [0.717, 1.165) is 12.1 Å². The van der Waals surface area contributed by atoms with E-state index in [1.54, 1.807) is 13.8 Å². The highest BCUT2D eigenvalue weighted by molar-refractivity contribution is 5.67. The van der Waals surface area contributed by atoms with Gasteiger partial charge in [0.2, 0.25) is 0 Å². The molecule has 0 aliphatic rings. The summed E-state index contributed by atoms with van der Waals surface area (Å²) in [6.07, 6.45) is -2.41. The lowest BCUT2D eigenvalue weighted by Gasteiger charge is -2.22. The molecule has 1 aromatic carbocycles. The van der Waals surface area contributed by atoms with Crippen LogP contribution in [0.1, 0.15) is 32.4 Å². The van der Waals surface area contributed by atoms with Crippen molar-refractivity contribution < 1.29 is 29.1 Å². The third-order valence-electron chi connectivity index (χ3n) is 2.61. The summed E-state index contributed by atoms with van der Waals surface area (Å²) in [5.41, 5.74) is -0.114. The maximum absolute atomic E-state index is 11.2. The minimum absolute atomic E-state index is 0.104. The second-order valence-electron chi connectivity index (χ2n) is 4.62. The lowest BCUT2D eigenvalue weighted by atomic mass is 9.97. The van der Waals surface area contributed by atoms with Gasteiger partial charge in [-0.15, -0.1) is 0 Å². The third-order valence-corrected chi connectivity index (χ3v) is 2.61. The van der Waals surface area contributed by atoms with Crippen LogP contribution in [-0.2, 0) is 9.53 Å². The molecule has 0 aliphatic carbocycles. The second kappa shape index (κ2) is 6.69. The normalized spacial score (nSPS) is 11.8. The van der Waals surface area contributed by atoms with Gasteiger partial charge in [-0.25, -0.2) is 4.79 Å². The van der Waals surface area contributed by atoms with Gasteiger partial charge in [0.1, 0.15) is 11.9 Å². The second-order valence-corrected chi connectivity index (χ2v) is 4.62. The van der Waals surface area contributed by atoms with Crippen molar-refractivity contribution in [1.82, 2.24) is 0 Å². The van der Waals surface area contributed by atoms with E-state index >= 15 is 0 Å². The fourth-order valence-corrected chi connectivity index (χ4v) is 1.80. The number of ether oxygens (including phenoxy) is 2. The summed E-state index contributed by atoms with van der Waals surface area (Å²) < 4.78 is 9.72. The highest BCUT2D eigenvalue weighted by Crippen LogP contribution is 2.35. The Labute approximate surface area is 120 Å². The molecule has 0 amide bonds. The Morgan fingerprint density at radius 1 is 1.33 bits per heavy atom. The topological polar surface area (TPSA) is 116 Å². The first-order valence-corrected chi connectivity index (χ1v) is 6.08. The number of benzene rings is 1. The van der Waals surface area contributed by atoms with Gasteiger partial charge in [-0.3, -0.25) is 14.9 Å². The molecule has 8 heteroatoms. The molecule has 21 heavy (non-hydrogen) atoms. The zero-order valence-electron chi connectivity index (χ0n) is 11.7. The first-order chi connectivity index (χ1) is 9.72. The van der Waals surface area contributed by atoms with E-state index in [1.165, 1.54) is 13.0 Å². The quantitative estimate of drug-likeness (QED) is 0.384. The summed E-state index contributed by atoms with van der Waals surface area (Å²) in [4.78, 5) is 32.1. The Morgan fingerprint density at radius 3 is 2.38 bits per heavy atom. The molecule has 0 saturated heterocycles. The molecular weight excluding hydrogens is 282 g/mol. The Bertz CT molecular complexity index is 568. The summed E-state index contributed by atoms with van der Waals surface area (Å²) in [6, 6.07) is 3.43. The lowest BCUT2D eigenvalue weighted by molar-refractivity contribution is -0.385. The summed E-state index contributed by atoms with van der Waals surface area (Å²) in [5, 5.41) is 19.6. The number of non-ortho nitro benzene ring substituents is 1. The molecule has 1 atom stereocenters. The van der Waals surface area contributed by atoms with Crippen molar-refractivity contribution in [3.63, 3.8) is 0 Å². The average molecular weight is 297 g/mol. The van der Waals surface area contributed by atoms with E-state index in [0.29, 0.717) is 0 Å². The molecule has 0 saturated carbocycles. The van der Waals surface area contributed by atoms with Gasteiger partial charge in [-0.1, -0.05) is 13.8 Å². The predicted molar refractivity (Wildman–Crippen MR) is 71.1 cm³/mol. The van der Waals surface area contributed by atoms with Crippen molar-refractivity contribution in [3.05, 3.63) is 33.9 Å². The maximum Gasteiger partial charge on any atom is 0.511 e. The molecule has 8 nitrogen and oxygen atoms in total. The largest absolute Gasteiger partial charge is 0.511 e. The lowest BCUT2D eigenvalue weighted by Crippen LogP contribution is -2.17. The highest BCUT2D eigenvalue weighted by Gasteiger charge is 2.26. The summed E-state index contributed by atoms with van der Waals surface area (Å²) in [5.74, 6) is -0.915. The van der Waals surface area contributed by atoms with Crippen molar-refractivity contribution in [2.75, 3.05) is 0 Å². The minimum atomic E-state index is -1.56. The van der Waals surface area contributed by atoms with Gasteiger partial charge in [0.25, 0.3) is 5.69 Å². The number of carbonyl (C=O) groups is 2. The van der Waals surface area contributed by atoms with Crippen LogP contribution in [-0.4, -0.2) is 22.2 Å². The summed E-state index contributed by atoms with van der Waals surface area (Å²) in [7, 11) is 0. The number of hydrogen-bond acceptors (Lipinski definition) is 6. The van der Waals surface area contributed by atoms with Gasteiger partial charge in [0, 0.05) is 24.6 Å².